The number of hydrogen-bond donors (Lipinski definition) is 1. The van der Waals surface area contributed by atoms with Crippen molar-refractivity contribution in [3.05, 3.63) is 49.1 Å². The third-order valence-corrected chi connectivity index (χ3v) is 4.54. The molecule has 2 aromatic heterocycles. The summed E-state index contributed by atoms with van der Waals surface area (Å²) in [7, 11) is 0. The minimum Gasteiger partial charge on any atom is -0.490 e. The van der Waals surface area contributed by atoms with Gasteiger partial charge in [-0.3, -0.25) is 4.98 Å². The Morgan fingerprint density at radius 3 is 2.68 bits per heavy atom. The molecule has 1 fully saturated rings. The molecule has 1 aliphatic heterocycles. The van der Waals surface area contributed by atoms with Crippen molar-refractivity contribution in [3.63, 3.8) is 0 Å². The van der Waals surface area contributed by atoms with Crippen LogP contribution in [-0.4, -0.2) is 38.6 Å². The van der Waals surface area contributed by atoms with E-state index >= 15 is 0 Å². The van der Waals surface area contributed by atoms with Crippen LogP contribution in [0.25, 0.3) is 10.8 Å². The molecule has 0 amide bonds. The number of rotatable bonds is 4. The van der Waals surface area contributed by atoms with E-state index in [1.165, 1.54) is 0 Å². The molecular formula is C18H18ClN5O. The lowest BCUT2D eigenvalue weighted by Gasteiger charge is -2.27. The number of aromatic nitrogens is 3. The Labute approximate surface area is 150 Å². The lowest BCUT2D eigenvalue weighted by atomic mass is 10.1. The molecule has 0 radical (unpaired) electrons. The molecule has 0 spiro atoms. The van der Waals surface area contributed by atoms with E-state index in [-0.39, 0.29) is 6.10 Å². The average molecular weight is 356 g/mol. The molecule has 0 atom stereocenters. The van der Waals surface area contributed by atoms with Gasteiger partial charge in [0.2, 0.25) is 0 Å². The quantitative estimate of drug-likeness (QED) is 0.719. The van der Waals surface area contributed by atoms with E-state index in [1.807, 2.05) is 34.9 Å². The molecule has 0 aliphatic carbocycles. The first kappa shape index (κ1) is 16.1. The van der Waals surface area contributed by atoms with Gasteiger partial charge >= 0.3 is 0 Å². The molecule has 25 heavy (non-hydrogen) atoms. The second-order valence-corrected chi connectivity index (χ2v) is 6.50. The molecule has 3 aromatic rings. The Kier molecular flexibility index (Phi) is 4.63. The number of anilines is 2. The Morgan fingerprint density at radius 2 is 1.88 bits per heavy atom. The standard InChI is InChI=1S/C18H18ClN5O/c19-24-7-3-15(4-8-24)25-16-2-1-13-11-22-17(10-14(13)9-16)23-18-12-20-5-6-21-18/h1-2,5-6,9-12,15H,3-4,7-8H2,(H,21,22,23). The zero-order chi connectivity index (χ0) is 17.1. The normalized spacial score (nSPS) is 16.0. The summed E-state index contributed by atoms with van der Waals surface area (Å²) in [4.78, 5) is 12.7. The molecule has 4 rings (SSSR count). The summed E-state index contributed by atoms with van der Waals surface area (Å²) in [6, 6.07) is 8.05. The minimum atomic E-state index is 0.214. The van der Waals surface area contributed by atoms with E-state index in [0.29, 0.717) is 5.82 Å². The van der Waals surface area contributed by atoms with Crippen LogP contribution in [0.5, 0.6) is 5.75 Å². The third-order valence-electron chi connectivity index (χ3n) is 4.20. The first-order valence-electron chi connectivity index (χ1n) is 8.26. The van der Waals surface area contributed by atoms with Crippen LogP contribution >= 0.6 is 11.8 Å². The summed E-state index contributed by atoms with van der Waals surface area (Å²) in [6.07, 6.45) is 8.87. The smallest absolute Gasteiger partial charge is 0.150 e. The number of pyridine rings is 1. The van der Waals surface area contributed by atoms with Crippen molar-refractivity contribution in [1.29, 1.82) is 0 Å². The van der Waals surface area contributed by atoms with E-state index in [1.54, 1.807) is 18.6 Å². The highest BCUT2D eigenvalue weighted by Gasteiger charge is 2.19. The largest absolute Gasteiger partial charge is 0.490 e. The van der Waals surface area contributed by atoms with Crippen molar-refractivity contribution in [1.82, 2.24) is 19.4 Å². The van der Waals surface area contributed by atoms with Crippen molar-refractivity contribution in [2.45, 2.75) is 18.9 Å². The highest BCUT2D eigenvalue weighted by Crippen LogP contribution is 2.26. The van der Waals surface area contributed by atoms with Gasteiger partial charge in [-0.15, -0.1) is 0 Å². The van der Waals surface area contributed by atoms with Gasteiger partial charge in [-0.2, -0.15) is 0 Å². The van der Waals surface area contributed by atoms with Crippen LogP contribution < -0.4 is 10.1 Å². The number of ether oxygens (including phenoxy) is 1. The van der Waals surface area contributed by atoms with Crippen LogP contribution in [0.1, 0.15) is 12.8 Å². The van der Waals surface area contributed by atoms with Gasteiger partial charge in [0, 0.05) is 37.1 Å². The van der Waals surface area contributed by atoms with Crippen LogP contribution in [0.3, 0.4) is 0 Å². The maximum atomic E-state index is 6.12. The van der Waals surface area contributed by atoms with E-state index < -0.39 is 0 Å². The van der Waals surface area contributed by atoms with Gasteiger partial charge in [-0.05, 0) is 54.3 Å². The van der Waals surface area contributed by atoms with Crippen molar-refractivity contribution < 1.29 is 4.74 Å². The zero-order valence-corrected chi connectivity index (χ0v) is 14.4. The second-order valence-electron chi connectivity index (χ2n) is 6.02. The van der Waals surface area contributed by atoms with Gasteiger partial charge in [-0.1, -0.05) is 0 Å². The highest BCUT2D eigenvalue weighted by molar-refractivity contribution is 6.13. The fraction of sp³-hybridized carbons (Fsp3) is 0.278. The first-order valence-corrected chi connectivity index (χ1v) is 8.60. The number of nitrogens with one attached hydrogen (secondary N) is 1. The predicted octanol–water partition coefficient (Wildman–Crippen LogP) is 3.77. The molecule has 0 saturated carbocycles. The lowest BCUT2D eigenvalue weighted by molar-refractivity contribution is 0.136. The van der Waals surface area contributed by atoms with Crippen molar-refractivity contribution in [2.24, 2.45) is 0 Å². The summed E-state index contributed by atoms with van der Waals surface area (Å²) in [6.45, 7) is 1.71. The molecule has 1 saturated heterocycles. The summed E-state index contributed by atoms with van der Waals surface area (Å²) in [5.41, 5.74) is 0. The molecule has 3 heterocycles. The molecule has 0 unspecified atom stereocenters. The van der Waals surface area contributed by atoms with Crippen molar-refractivity contribution >= 4 is 34.2 Å². The number of hydrogen-bond acceptors (Lipinski definition) is 6. The number of piperidine rings is 1. The topological polar surface area (TPSA) is 63.2 Å². The maximum Gasteiger partial charge on any atom is 0.150 e. The van der Waals surface area contributed by atoms with Crippen LogP contribution in [0.15, 0.2) is 49.1 Å². The number of nitrogens with zero attached hydrogens (tertiary/aromatic N) is 4. The Bertz CT molecular complexity index is 852. The third kappa shape index (κ3) is 3.97. The van der Waals surface area contributed by atoms with E-state index in [4.69, 9.17) is 16.5 Å². The van der Waals surface area contributed by atoms with Gasteiger partial charge in [0.05, 0.1) is 6.20 Å². The SMILES string of the molecule is ClN1CCC(Oc2ccc3cnc(Nc4cnccn4)cc3c2)CC1. The average Bonchev–Trinajstić information content (AvgIpc) is 2.64. The Hall–Kier alpha value is -2.44. The predicted molar refractivity (Wildman–Crippen MR) is 98.1 cm³/mol. The summed E-state index contributed by atoms with van der Waals surface area (Å²) < 4.78 is 7.94. The molecule has 0 bridgehead atoms. The fourth-order valence-electron chi connectivity index (χ4n) is 2.89. The monoisotopic (exact) mass is 355 g/mol. The van der Waals surface area contributed by atoms with Crippen LogP contribution in [0.2, 0.25) is 0 Å². The number of benzene rings is 1. The molecular weight excluding hydrogens is 338 g/mol. The number of fused-ring (bicyclic) bond motifs is 1. The van der Waals surface area contributed by atoms with E-state index in [9.17, 15) is 0 Å². The summed E-state index contributed by atoms with van der Waals surface area (Å²) in [5, 5.41) is 5.28. The van der Waals surface area contributed by atoms with Gasteiger partial charge in [0.25, 0.3) is 0 Å². The summed E-state index contributed by atoms with van der Waals surface area (Å²) in [5.74, 6) is 2.26. The van der Waals surface area contributed by atoms with E-state index in [2.05, 4.69) is 20.3 Å². The molecule has 1 aliphatic rings. The number of halogens is 1. The van der Waals surface area contributed by atoms with Gasteiger partial charge in [0.1, 0.15) is 23.5 Å². The van der Waals surface area contributed by atoms with Crippen LogP contribution in [0, 0.1) is 0 Å². The molecule has 128 valence electrons. The van der Waals surface area contributed by atoms with Crippen LogP contribution in [-0.2, 0) is 0 Å². The maximum absolute atomic E-state index is 6.12. The molecule has 1 aromatic carbocycles. The molecule has 6 nitrogen and oxygen atoms in total. The minimum absolute atomic E-state index is 0.214. The van der Waals surface area contributed by atoms with Gasteiger partial charge in [0.15, 0.2) is 0 Å². The molecule has 7 heteroatoms. The van der Waals surface area contributed by atoms with Crippen LogP contribution in [0.4, 0.5) is 11.6 Å². The van der Waals surface area contributed by atoms with E-state index in [0.717, 1.165) is 48.3 Å². The fourth-order valence-corrected chi connectivity index (χ4v) is 3.09. The van der Waals surface area contributed by atoms with Crippen molar-refractivity contribution in [3.8, 4) is 5.75 Å². The Balaban J connectivity index is 1.52. The zero-order valence-electron chi connectivity index (χ0n) is 13.6. The highest BCUT2D eigenvalue weighted by atomic mass is 35.5. The summed E-state index contributed by atoms with van der Waals surface area (Å²) >= 11 is 6.00. The second kappa shape index (κ2) is 7.21. The Morgan fingerprint density at radius 1 is 1.00 bits per heavy atom. The van der Waals surface area contributed by atoms with Crippen molar-refractivity contribution in [2.75, 3.05) is 18.4 Å². The lowest BCUT2D eigenvalue weighted by Crippen LogP contribution is -2.32. The van der Waals surface area contributed by atoms with Gasteiger partial charge < -0.3 is 10.1 Å². The first-order chi connectivity index (χ1) is 12.3. The van der Waals surface area contributed by atoms with Gasteiger partial charge in [-0.25, -0.2) is 14.4 Å². The molecule has 1 N–H and O–H groups in total.